The van der Waals surface area contributed by atoms with Crippen molar-refractivity contribution in [2.45, 2.75) is 0 Å². The summed E-state index contributed by atoms with van der Waals surface area (Å²) >= 11 is 0. The van der Waals surface area contributed by atoms with Crippen molar-refractivity contribution in [2.75, 3.05) is 0 Å². The molecule has 0 saturated heterocycles. The molecular formula is C28H22N2. The van der Waals surface area contributed by atoms with E-state index in [0.29, 0.717) is 0 Å². The highest BCUT2D eigenvalue weighted by molar-refractivity contribution is 5.76. The van der Waals surface area contributed by atoms with Crippen molar-refractivity contribution in [3.63, 3.8) is 0 Å². The monoisotopic (exact) mass is 386 g/mol. The Balaban J connectivity index is 1.58. The van der Waals surface area contributed by atoms with Gasteiger partial charge in [-0.05, 0) is 23.3 Å². The van der Waals surface area contributed by atoms with Gasteiger partial charge in [0.1, 0.15) is 0 Å². The van der Waals surface area contributed by atoms with E-state index in [4.69, 9.17) is 0 Å². The molecule has 0 atom stereocenters. The predicted molar refractivity (Wildman–Crippen MR) is 128 cm³/mol. The molecule has 2 nitrogen and oxygen atoms in total. The minimum atomic E-state index is 0.839. The van der Waals surface area contributed by atoms with E-state index >= 15 is 0 Å². The molecule has 0 heterocycles. The molecule has 144 valence electrons. The topological polar surface area (TPSA) is 24.7 Å². The molecule has 0 amide bonds. The second-order valence-electron chi connectivity index (χ2n) is 6.81. The number of rotatable bonds is 6. The number of benzene rings is 4. The average Bonchev–Trinajstić information content (AvgIpc) is 2.82. The van der Waals surface area contributed by atoms with Gasteiger partial charge in [-0.2, -0.15) is 0 Å². The summed E-state index contributed by atoms with van der Waals surface area (Å²) in [4.78, 5) is 0. The summed E-state index contributed by atoms with van der Waals surface area (Å²) in [5.74, 6) is 0. The number of azo groups is 1. The molecule has 0 aliphatic heterocycles. The summed E-state index contributed by atoms with van der Waals surface area (Å²) in [7, 11) is 0. The van der Waals surface area contributed by atoms with Gasteiger partial charge in [0.15, 0.2) is 0 Å². The third-order valence-electron chi connectivity index (χ3n) is 4.65. The molecule has 4 aromatic rings. The zero-order valence-electron chi connectivity index (χ0n) is 16.6. The van der Waals surface area contributed by atoms with E-state index in [1.807, 2.05) is 72.8 Å². The fraction of sp³-hybridized carbons (Fsp3) is 0. The third kappa shape index (κ3) is 5.27. The average molecular weight is 386 g/mol. The van der Waals surface area contributed by atoms with Gasteiger partial charge in [0, 0.05) is 11.1 Å². The van der Waals surface area contributed by atoms with Crippen molar-refractivity contribution < 1.29 is 0 Å². The number of hydrogen-bond acceptors (Lipinski definition) is 2. The second kappa shape index (κ2) is 9.94. The Morgan fingerprint density at radius 2 is 0.733 bits per heavy atom. The Kier molecular flexibility index (Phi) is 6.39. The molecule has 0 aliphatic rings. The molecule has 0 fully saturated rings. The van der Waals surface area contributed by atoms with Crippen LogP contribution >= 0.6 is 0 Å². The first-order valence-electron chi connectivity index (χ1n) is 9.94. The Morgan fingerprint density at radius 1 is 0.367 bits per heavy atom. The van der Waals surface area contributed by atoms with Gasteiger partial charge in [-0.15, -0.1) is 10.2 Å². The maximum Gasteiger partial charge on any atom is 0.0929 e. The molecule has 0 radical (unpaired) electrons. The highest BCUT2D eigenvalue weighted by Crippen LogP contribution is 2.27. The van der Waals surface area contributed by atoms with E-state index in [0.717, 1.165) is 33.6 Å². The second-order valence-corrected chi connectivity index (χ2v) is 6.81. The van der Waals surface area contributed by atoms with Gasteiger partial charge >= 0.3 is 0 Å². The van der Waals surface area contributed by atoms with Crippen LogP contribution in [0.2, 0.25) is 0 Å². The summed E-state index contributed by atoms with van der Waals surface area (Å²) in [6.45, 7) is 0. The highest BCUT2D eigenvalue weighted by Gasteiger charge is 2.00. The van der Waals surface area contributed by atoms with Crippen LogP contribution in [0, 0.1) is 0 Å². The Labute approximate surface area is 177 Å². The summed E-state index contributed by atoms with van der Waals surface area (Å²) in [5.41, 5.74) is 6.05. The number of hydrogen-bond donors (Lipinski definition) is 0. The molecule has 4 aromatic carbocycles. The number of nitrogens with zero attached hydrogens (tertiary/aromatic N) is 2. The minimum absolute atomic E-state index is 0.839. The SMILES string of the molecule is C(=C\c1ccccc1/N=N/c1ccccc1/C=C/c1ccccc1)/c1ccccc1. The van der Waals surface area contributed by atoms with Crippen molar-refractivity contribution in [1.29, 1.82) is 0 Å². The van der Waals surface area contributed by atoms with Crippen molar-refractivity contribution in [2.24, 2.45) is 10.2 Å². The van der Waals surface area contributed by atoms with Gasteiger partial charge in [-0.3, -0.25) is 0 Å². The van der Waals surface area contributed by atoms with Crippen LogP contribution in [0.1, 0.15) is 22.3 Å². The van der Waals surface area contributed by atoms with Crippen LogP contribution < -0.4 is 0 Å². The van der Waals surface area contributed by atoms with E-state index in [1.165, 1.54) is 0 Å². The predicted octanol–water partition coefficient (Wildman–Crippen LogP) is 8.44. The third-order valence-corrected chi connectivity index (χ3v) is 4.65. The lowest BCUT2D eigenvalue weighted by Gasteiger charge is -2.02. The Morgan fingerprint density at radius 3 is 1.17 bits per heavy atom. The first-order chi connectivity index (χ1) is 14.9. The molecule has 0 saturated carbocycles. The molecular weight excluding hydrogens is 364 g/mol. The smallest absolute Gasteiger partial charge is 0.0929 e. The van der Waals surface area contributed by atoms with Gasteiger partial charge in [0.2, 0.25) is 0 Å². The van der Waals surface area contributed by atoms with Crippen LogP contribution in [0.4, 0.5) is 11.4 Å². The van der Waals surface area contributed by atoms with Crippen LogP contribution in [0.25, 0.3) is 24.3 Å². The molecule has 0 spiro atoms. The van der Waals surface area contributed by atoms with E-state index in [9.17, 15) is 0 Å². The molecule has 0 N–H and O–H groups in total. The van der Waals surface area contributed by atoms with Gasteiger partial charge in [-0.25, -0.2) is 0 Å². The molecule has 0 bridgehead atoms. The molecule has 0 unspecified atom stereocenters. The van der Waals surface area contributed by atoms with Crippen molar-refractivity contribution in [3.8, 4) is 0 Å². The van der Waals surface area contributed by atoms with Crippen LogP contribution in [0.15, 0.2) is 119 Å². The largest absolute Gasteiger partial charge is 0.150 e. The van der Waals surface area contributed by atoms with Crippen LogP contribution in [0.3, 0.4) is 0 Å². The Bertz CT molecular complexity index is 1080. The minimum Gasteiger partial charge on any atom is -0.150 e. The summed E-state index contributed by atoms with van der Waals surface area (Å²) in [6.07, 6.45) is 8.32. The fourth-order valence-corrected chi connectivity index (χ4v) is 3.05. The van der Waals surface area contributed by atoms with Crippen LogP contribution in [-0.2, 0) is 0 Å². The van der Waals surface area contributed by atoms with Gasteiger partial charge < -0.3 is 0 Å². The van der Waals surface area contributed by atoms with Crippen molar-refractivity contribution in [3.05, 3.63) is 131 Å². The quantitative estimate of drug-likeness (QED) is 0.235. The lowest BCUT2D eigenvalue weighted by molar-refractivity contribution is 1.22. The standard InChI is InChI=1S/C28H22N2/c1-3-11-23(12-4-1)19-21-25-15-7-9-17-27(25)29-30-28-18-10-8-16-26(28)22-20-24-13-5-2-6-14-24/h1-22H/b21-19+,22-20+,30-29+. The van der Waals surface area contributed by atoms with Gasteiger partial charge in [0.25, 0.3) is 0 Å². The zero-order chi connectivity index (χ0) is 20.4. The van der Waals surface area contributed by atoms with Crippen LogP contribution in [0.5, 0.6) is 0 Å². The van der Waals surface area contributed by atoms with E-state index in [1.54, 1.807) is 0 Å². The summed E-state index contributed by atoms with van der Waals surface area (Å²) in [6, 6.07) is 36.5. The molecule has 30 heavy (non-hydrogen) atoms. The molecule has 0 aliphatic carbocycles. The Hall–Kier alpha value is -4.04. The molecule has 4 rings (SSSR count). The summed E-state index contributed by atoms with van der Waals surface area (Å²) < 4.78 is 0. The van der Waals surface area contributed by atoms with Gasteiger partial charge in [-0.1, -0.05) is 121 Å². The molecule has 2 heteroatoms. The first-order valence-corrected chi connectivity index (χ1v) is 9.94. The fourth-order valence-electron chi connectivity index (χ4n) is 3.05. The zero-order valence-corrected chi connectivity index (χ0v) is 16.6. The highest BCUT2D eigenvalue weighted by atomic mass is 15.1. The van der Waals surface area contributed by atoms with Crippen molar-refractivity contribution >= 4 is 35.7 Å². The maximum absolute atomic E-state index is 4.54. The summed E-state index contributed by atoms with van der Waals surface area (Å²) in [5, 5.41) is 9.09. The van der Waals surface area contributed by atoms with Crippen molar-refractivity contribution in [1.82, 2.24) is 0 Å². The first kappa shape index (κ1) is 19.3. The normalized spacial score (nSPS) is 11.6. The molecule has 0 aromatic heterocycles. The van der Waals surface area contributed by atoms with E-state index in [-0.39, 0.29) is 0 Å². The van der Waals surface area contributed by atoms with Gasteiger partial charge in [0.05, 0.1) is 11.4 Å². The van der Waals surface area contributed by atoms with E-state index in [2.05, 4.69) is 70.9 Å². The van der Waals surface area contributed by atoms with E-state index < -0.39 is 0 Å². The lowest BCUT2D eigenvalue weighted by Crippen LogP contribution is -1.76. The van der Waals surface area contributed by atoms with Crippen LogP contribution in [-0.4, -0.2) is 0 Å². The maximum atomic E-state index is 4.54. The lowest BCUT2D eigenvalue weighted by atomic mass is 10.1.